The second kappa shape index (κ2) is 5.71. The molecule has 2 aliphatic heterocycles. The predicted octanol–water partition coefficient (Wildman–Crippen LogP) is 2.00. The highest BCUT2D eigenvalue weighted by Crippen LogP contribution is 2.48. The van der Waals surface area contributed by atoms with Crippen molar-refractivity contribution < 1.29 is 24.2 Å². The van der Waals surface area contributed by atoms with Gasteiger partial charge in [0, 0.05) is 5.75 Å². The molecule has 0 aromatic heterocycles. The number of aliphatic carboxylic acids is 1. The average molecular weight is 313 g/mol. The van der Waals surface area contributed by atoms with Gasteiger partial charge in [-0.05, 0) is 31.8 Å². The topological polar surface area (TPSA) is 83.9 Å². The van der Waals surface area contributed by atoms with Crippen molar-refractivity contribution in [2.45, 2.75) is 50.0 Å². The average Bonchev–Trinajstić information content (AvgIpc) is 2.46. The fourth-order valence-corrected chi connectivity index (χ4v) is 5.33. The molecule has 2 atom stereocenters. The van der Waals surface area contributed by atoms with Crippen LogP contribution in [0.5, 0.6) is 0 Å². The number of amides is 1. The third kappa shape index (κ3) is 2.66. The third-order valence-corrected chi connectivity index (χ3v) is 6.58. The number of hydrogen-bond donors (Lipinski definition) is 2. The summed E-state index contributed by atoms with van der Waals surface area (Å²) in [5.74, 6) is -0.925. The first-order valence-corrected chi connectivity index (χ1v) is 8.90. The summed E-state index contributed by atoms with van der Waals surface area (Å²) in [7, 11) is -1.15. The van der Waals surface area contributed by atoms with Crippen molar-refractivity contribution in [3.05, 3.63) is 11.8 Å². The molecule has 1 amide bonds. The second-order valence-electron chi connectivity index (χ2n) is 5.64. The van der Waals surface area contributed by atoms with E-state index in [1.54, 1.807) is 0 Å². The van der Waals surface area contributed by atoms with Crippen molar-refractivity contribution in [2.24, 2.45) is 0 Å². The highest BCUT2D eigenvalue weighted by atomic mass is 32.2. The number of β-lactam (4-membered cyclic amide) rings is 1. The maximum atomic E-state index is 12.3. The van der Waals surface area contributed by atoms with Gasteiger partial charge in [0.05, 0.1) is 11.8 Å². The van der Waals surface area contributed by atoms with E-state index in [4.69, 9.17) is 9.84 Å². The molecule has 2 heterocycles. The molecular formula is C14H19NO5S. The van der Waals surface area contributed by atoms with Crippen LogP contribution < -0.4 is 0 Å². The van der Waals surface area contributed by atoms with Gasteiger partial charge in [-0.3, -0.25) is 9.69 Å². The van der Waals surface area contributed by atoms with Gasteiger partial charge in [0.2, 0.25) is 5.91 Å². The summed E-state index contributed by atoms with van der Waals surface area (Å²) in [6.07, 6.45) is 6.96. The molecule has 0 aromatic carbocycles. The van der Waals surface area contributed by atoms with Gasteiger partial charge in [-0.25, -0.2) is 9.59 Å². The number of carboxylic acids is 1. The summed E-state index contributed by atoms with van der Waals surface area (Å²) in [4.78, 5) is 36.3. The van der Waals surface area contributed by atoms with E-state index in [0.717, 1.165) is 25.7 Å². The van der Waals surface area contributed by atoms with Crippen LogP contribution in [0.4, 0.5) is 4.79 Å². The molecule has 2 fully saturated rings. The number of hydrogen-bond acceptors (Lipinski definition) is 4. The van der Waals surface area contributed by atoms with Gasteiger partial charge in [0.25, 0.3) is 0 Å². The zero-order valence-electron chi connectivity index (χ0n) is 11.7. The number of nitrogens with zero attached hydrogens (tertiary/aromatic N) is 1. The molecule has 21 heavy (non-hydrogen) atoms. The Morgan fingerprint density at radius 1 is 1.29 bits per heavy atom. The van der Waals surface area contributed by atoms with Gasteiger partial charge < -0.3 is 9.84 Å². The van der Waals surface area contributed by atoms with Crippen LogP contribution >= 0.6 is 10.9 Å². The van der Waals surface area contributed by atoms with Crippen LogP contribution in [0.25, 0.3) is 0 Å². The Labute approximate surface area is 125 Å². The number of fused-ring (bicyclic) bond motifs is 1. The highest BCUT2D eigenvalue weighted by Gasteiger charge is 2.48. The molecule has 3 aliphatic rings. The van der Waals surface area contributed by atoms with Crippen molar-refractivity contribution in [1.29, 1.82) is 0 Å². The molecule has 1 aliphatic carbocycles. The standard InChI is InChI=1S/C14H19NO5S/c16-11-8-12-15(11)10(13(17)18)6-7-21(12)14(19)20-9-4-2-1-3-5-9/h6,9,12,21H,1-5,7-8H2,(H,17,18). The van der Waals surface area contributed by atoms with E-state index in [2.05, 4.69) is 0 Å². The summed E-state index contributed by atoms with van der Waals surface area (Å²) in [5, 5.41) is 8.59. The molecule has 0 spiro atoms. The van der Waals surface area contributed by atoms with Crippen LogP contribution in [0.3, 0.4) is 0 Å². The molecule has 6 nitrogen and oxygen atoms in total. The Hall–Kier alpha value is -1.50. The molecule has 0 aromatic rings. The van der Waals surface area contributed by atoms with Crippen molar-refractivity contribution in [2.75, 3.05) is 5.75 Å². The first-order chi connectivity index (χ1) is 10.1. The van der Waals surface area contributed by atoms with Crippen LogP contribution in [0.15, 0.2) is 11.8 Å². The van der Waals surface area contributed by atoms with Crippen molar-refractivity contribution in [3.63, 3.8) is 0 Å². The van der Waals surface area contributed by atoms with Crippen LogP contribution in [-0.2, 0) is 14.3 Å². The Morgan fingerprint density at radius 2 is 2.00 bits per heavy atom. The lowest BCUT2D eigenvalue weighted by Crippen LogP contribution is -2.55. The van der Waals surface area contributed by atoms with E-state index in [1.165, 1.54) is 17.4 Å². The van der Waals surface area contributed by atoms with E-state index in [-0.39, 0.29) is 34.8 Å². The van der Waals surface area contributed by atoms with Crippen LogP contribution in [0, 0.1) is 0 Å². The van der Waals surface area contributed by atoms with E-state index >= 15 is 0 Å². The first kappa shape index (κ1) is 14.4. The minimum Gasteiger partial charge on any atom is -0.477 e. The largest absolute Gasteiger partial charge is 0.477 e. The van der Waals surface area contributed by atoms with Gasteiger partial charge in [0.1, 0.15) is 11.8 Å². The van der Waals surface area contributed by atoms with Gasteiger partial charge in [-0.15, -0.1) is 10.9 Å². The van der Waals surface area contributed by atoms with Crippen LogP contribution in [-0.4, -0.2) is 44.4 Å². The van der Waals surface area contributed by atoms with Crippen molar-refractivity contribution in [3.8, 4) is 0 Å². The summed E-state index contributed by atoms with van der Waals surface area (Å²) < 4.78 is 5.59. The lowest BCUT2D eigenvalue weighted by atomic mass is 9.98. The van der Waals surface area contributed by atoms with Gasteiger partial charge in [-0.1, -0.05) is 6.42 Å². The number of carbonyl (C=O) groups is 3. The molecule has 2 unspecified atom stereocenters. The first-order valence-electron chi connectivity index (χ1n) is 7.30. The number of thiol groups is 1. The van der Waals surface area contributed by atoms with Crippen molar-refractivity contribution in [1.82, 2.24) is 4.90 Å². The summed E-state index contributed by atoms with van der Waals surface area (Å²) in [6.45, 7) is 0. The number of carboxylic acid groups (broad SMARTS) is 1. The smallest absolute Gasteiger partial charge is 0.352 e. The molecular weight excluding hydrogens is 294 g/mol. The zero-order valence-corrected chi connectivity index (χ0v) is 12.6. The van der Waals surface area contributed by atoms with E-state index < -0.39 is 16.9 Å². The van der Waals surface area contributed by atoms with E-state index in [9.17, 15) is 14.4 Å². The molecule has 1 N–H and O–H groups in total. The Kier molecular flexibility index (Phi) is 3.93. The van der Waals surface area contributed by atoms with Gasteiger partial charge >= 0.3 is 11.3 Å². The van der Waals surface area contributed by atoms with E-state index in [0.29, 0.717) is 5.75 Å². The fraction of sp³-hybridized carbons (Fsp3) is 0.643. The Morgan fingerprint density at radius 3 is 2.62 bits per heavy atom. The maximum absolute atomic E-state index is 12.3. The maximum Gasteiger partial charge on any atom is 0.352 e. The predicted molar refractivity (Wildman–Crippen MR) is 78.2 cm³/mol. The van der Waals surface area contributed by atoms with Crippen molar-refractivity contribution >= 4 is 28.1 Å². The summed E-state index contributed by atoms with van der Waals surface area (Å²) in [6, 6.07) is 0. The molecule has 0 radical (unpaired) electrons. The Bertz CT molecular complexity index is 511. The third-order valence-electron chi connectivity index (χ3n) is 4.30. The number of ether oxygens (including phenoxy) is 1. The molecule has 0 bridgehead atoms. The van der Waals surface area contributed by atoms with Gasteiger partial charge in [-0.2, -0.15) is 0 Å². The lowest BCUT2D eigenvalue weighted by molar-refractivity contribution is -0.146. The number of carbonyl (C=O) groups excluding carboxylic acids is 2. The molecule has 1 saturated heterocycles. The van der Waals surface area contributed by atoms with Crippen LogP contribution in [0.1, 0.15) is 38.5 Å². The summed E-state index contributed by atoms with van der Waals surface area (Å²) in [5.41, 5.74) is 0.0143. The second-order valence-corrected chi connectivity index (χ2v) is 7.91. The van der Waals surface area contributed by atoms with E-state index in [1.807, 2.05) is 0 Å². The molecule has 1 saturated carbocycles. The zero-order chi connectivity index (χ0) is 15.0. The summed E-state index contributed by atoms with van der Waals surface area (Å²) >= 11 is 0. The monoisotopic (exact) mass is 313 g/mol. The molecule has 3 rings (SSSR count). The minimum absolute atomic E-state index is 0.00262. The van der Waals surface area contributed by atoms with Gasteiger partial charge in [0.15, 0.2) is 0 Å². The van der Waals surface area contributed by atoms with Crippen LogP contribution in [0.2, 0.25) is 0 Å². The Balaban J connectivity index is 1.67. The highest BCUT2D eigenvalue weighted by molar-refractivity contribution is 8.30. The molecule has 116 valence electrons. The number of rotatable bonds is 2. The fourth-order valence-electron chi connectivity index (χ4n) is 3.13. The molecule has 7 heteroatoms. The lowest BCUT2D eigenvalue weighted by Gasteiger charge is -2.47. The quantitative estimate of drug-likeness (QED) is 0.463. The minimum atomic E-state index is -1.15. The normalized spacial score (nSPS) is 31.0. The SMILES string of the molecule is O=C(O)C1=CC[SH](C(=O)OC2CCCCC2)C2CC(=O)N12.